The first-order chi connectivity index (χ1) is 32.0. The van der Waals surface area contributed by atoms with E-state index in [0.717, 1.165) is 0 Å². The van der Waals surface area contributed by atoms with Crippen LogP contribution >= 0.6 is 0 Å². The monoisotopic (exact) mass is 844 g/mol. The van der Waals surface area contributed by atoms with Gasteiger partial charge in [0, 0.05) is 34.1 Å². The molecule has 4 heteroatoms. The molecule has 0 radical (unpaired) electrons. The Hall–Kier alpha value is -7.03. The standard InChI is InChI=1S/C62H50B2N2/c1-33(2)41-29-43-47-23-37(7)27-55-61(47)64(50-22-20-36(6)26-54(50)65(55)39-15-11-9-12-16-39)52-32-46-42(34(3)4)30-44-48-24-38(8)28-56-62(48)63(51-31-45(41)59(57(43)52)60(46)58(44)51)49-21-19-35(5)25-53(49)66(56)40-17-13-10-14-18-40/h9-34H,1-8H3. The summed E-state index contributed by atoms with van der Waals surface area (Å²) >= 11 is 0. The molecule has 2 nitrogen and oxygen atoms in total. The minimum Gasteiger partial charge on any atom is -0.311 e. The number of fused-ring (bicyclic) bond motifs is 8. The largest absolute Gasteiger partial charge is 0.311 e. The smallest absolute Gasteiger partial charge is 0.248 e. The van der Waals surface area contributed by atoms with E-state index < -0.39 is 0 Å². The summed E-state index contributed by atoms with van der Waals surface area (Å²) in [5, 5.41) is 8.65. The Bertz CT molecular complexity index is 3520. The van der Waals surface area contributed by atoms with Crippen LogP contribution in [0.5, 0.6) is 0 Å². The van der Waals surface area contributed by atoms with Gasteiger partial charge in [0.25, 0.3) is 0 Å². The minimum absolute atomic E-state index is 0.0885. The van der Waals surface area contributed by atoms with Crippen molar-refractivity contribution in [3.63, 3.8) is 0 Å². The minimum atomic E-state index is 0.0885. The molecule has 4 aliphatic rings. The van der Waals surface area contributed by atoms with Crippen LogP contribution in [0.25, 0.3) is 54.6 Å². The second-order valence-corrected chi connectivity index (χ2v) is 20.7. The van der Waals surface area contributed by atoms with Crippen LogP contribution in [0.3, 0.4) is 0 Å². The van der Waals surface area contributed by atoms with Crippen molar-refractivity contribution in [3.05, 3.63) is 179 Å². The van der Waals surface area contributed by atoms with Gasteiger partial charge in [-0.1, -0.05) is 124 Å². The third-order valence-corrected chi connectivity index (χ3v) is 15.8. The first kappa shape index (κ1) is 38.3. The molecule has 10 aromatic carbocycles. The summed E-state index contributed by atoms with van der Waals surface area (Å²) in [6.45, 7) is 18.9. The van der Waals surface area contributed by atoms with E-state index in [-0.39, 0.29) is 13.4 Å². The number of aryl methyl sites for hydroxylation is 4. The van der Waals surface area contributed by atoms with Gasteiger partial charge in [-0.05, 0) is 210 Å². The van der Waals surface area contributed by atoms with Crippen molar-refractivity contribution in [2.75, 3.05) is 9.80 Å². The Morgan fingerprint density at radius 1 is 0.348 bits per heavy atom. The van der Waals surface area contributed by atoms with Gasteiger partial charge in [-0.15, -0.1) is 0 Å². The van der Waals surface area contributed by atoms with E-state index in [1.165, 1.54) is 155 Å². The van der Waals surface area contributed by atoms with Crippen molar-refractivity contribution in [1.29, 1.82) is 0 Å². The van der Waals surface area contributed by atoms with Crippen LogP contribution in [-0.2, 0) is 0 Å². The zero-order valence-corrected chi connectivity index (χ0v) is 39.1. The summed E-state index contributed by atoms with van der Waals surface area (Å²) in [7, 11) is 0. The Kier molecular flexibility index (Phi) is 7.71. The van der Waals surface area contributed by atoms with Crippen molar-refractivity contribution in [2.24, 2.45) is 0 Å². The third kappa shape index (κ3) is 4.89. The van der Waals surface area contributed by atoms with Crippen LogP contribution in [0.1, 0.15) is 72.9 Å². The highest BCUT2D eigenvalue weighted by atomic mass is 15.2. The molecular weight excluding hydrogens is 794 g/mol. The van der Waals surface area contributed by atoms with Gasteiger partial charge in [0.2, 0.25) is 13.4 Å². The van der Waals surface area contributed by atoms with Crippen LogP contribution in [0.4, 0.5) is 34.1 Å². The summed E-state index contributed by atoms with van der Waals surface area (Å²) in [6, 6.07) is 57.0. The number of para-hydroxylation sites is 2. The average molecular weight is 845 g/mol. The van der Waals surface area contributed by atoms with Gasteiger partial charge < -0.3 is 9.80 Å². The van der Waals surface area contributed by atoms with Crippen LogP contribution in [0.15, 0.2) is 146 Å². The molecule has 0 atom stereocenters. The summed E-state index contributed by atoms with van der Waals surface area (Å²) in [6.07, 6.45) is 0. The molecule has 0 N–H and O–H groups in total. The molecule has 314 valence electrons. The van der Waals surface area contributed by atoms with E-state index in [0.29, 0.717) is 11.8 Å². The lowest BCUT2D eigenvalue weighted by molar-refractivity contribution is 0.876. The van der Waals surface area contributed by atoms with Crippen LogP contribution in [0, 0.1) is 27.7 Å². The lowest BCUT2D eigenvalue weighted by Gasteiger charge is -2.43. The first-order valence-corrected chi connectivity index (χ1v) is 24.1. The molecule has 14 rings (SSSR count). The topological polar surface area (TPSA) is 6.48 Å². The van der Waals surface area contributed by atoms with Crippen molar-refractivity contribution < 1.29 is 0 Å². The molecule has 66 heavy (non-hydrogen) atoms. The average Bonchev–Trinajstić information content (AvgIpc) is 3.30. The molecule has 0 aliphatic carbocycles. The van der Waals surface area contributed by atoms with Crippen molar-refractivity contribution >= 4 is 113 Å². The molecule has 4 heterocycles. The second kappa shape index (κ2) is 13.3. The Morgan fingerprint density at radius 2 is 0.742 bits per heavy atom. The van der Waals surface area contributed by atoms with Crippen LogP contribution in [0.2, 0.25) is 0 Å². The van der Waals surface area contributed by atoms with Crippen LogP contribution in [-0.4, -0.2) is 13.4 Å². The molecule has 0 fully saturated rings. The molecule has 0 saturated heterocycles. The number of rotatable bonds is 4. The zero-order valence-electron chi connectivity index (χ0n) is 39.1. The summed E-state index contributed by atoms with van der Waals surface area (Å²) in [5.74, 6) is 0.634. The quantitative estimate of drug-likeness (QED) is 0.129. The molecule has 0 unspecified atom stereocenters. The van der Waals surface area contributed by atoms with Gasteiger partial charge in [-0.2, -0.15) is 0 Å². The van der Waals surface area contributed by atoms with E-state index in [1.54, 1.807) is 0 Å². The first-order valence-electron chi connectivity index (χ1n) is 24.1. The number of hydrogen-bond acceptors (Lipinski definition) is 2. The molecule has 0 saturated carbocycles. The SMILES string of the molecule is Cc1ccc2c(c1)N(c1ccccc1)c1cc(C)cc3c1B2c1cc2c(C(C)C)cc4c5c(cc6c(C(C)C)cc-3c1c6c25)B1c2ccc(C)cc2N(c2ccccc2)c2cc(C)cc-4c21. The van der Waals surface area contributed by atoms with Crippen molar-refractivity contribution in [1.82, 2.24) is 0 Å². The molecular formula is C62H50B2N2. The van der Waals surface area contributed by atoms with Crippen LogP contribution < -0.4 is 42.6 Å². The lowest BCUT2D eigenvalue weighted by Crippen LogP contribution is -2.60. The van der Waals surface area contributed by atoms with Gasteiger partial charge in [-0.3, -0.25) is 0 Å². The maximum absolute atomic E-state index is 2.68. The van der Waals surface area contributed by atoms with Crippen molar-refractivity contribution in [3.8, 4) is 22.3 Å². The highest BCUT2D eigenvalue weighted by Crippen LogP contribution is 2.51. The van der Waals surface area contributed by atoms with E-state index in [2.05, 4.69) is 211 Å². The lowest BCUT2D eigenvalue weighted by atomic mass is 9.31. The fourth-order valence-electron chi connectivity index (χ4n) is 13.2. The molecule has 0 aromatic heterocycles. The van der Waals surface area contributed by atoms with Crippen molar-refractivity contribution in [2.45, 2.75) is 67.2 Å². The number of benzene rings is 10. The predicted octanol–water partition coefficient (Wildman–Crippen LogP) is 12.6. The molecule has 10 aromatic rings. The number of anilines is 6. The third-order valence-electron chi connectivity index (χ3n) is 15.8. The van der Waals surface area contributed by atoms with E-state index in [4.69, 9.17) is 0 Å². The van der Waals surface area contributed by atoms with Gasteiger partial charge in [0.1, 0.15) is 0 Å². The molecule has 0 amide bonds. The highest BCUT2D eigenvalue weighted by Gasteiger charge is 2.45. The second-order valence-electron chi connectivity index (χ2n) is 20.7. The molecule has 4 aliphatic heterocycles. The van der Waals surface area contributed by atoms with Gasteiger partial charge >= 0.3 is 0 Å². The van der Waals surface area contributed by atoms with E-state index >= 15 is 0 Å². The molecule has 0 spiro atoms. The number of hydrogen-bond donors (Lipinski definition) is 0. The zero-order chi connectivity index (χ0) is 44.6. The van der Waals surface area contributed by atoms with Gasteiger partial charge in [0.05, 0.1) is 0 Å². The predicted molar refractivity (Wildman–Crippen MR) is 287 cm³/mol. The van der Waals surface area contributed by atoms with Gasteiger partial charge in [-0.25, -0.2) is 0 Å². The Balaban J connectivity index is 1.17. The van der Waals surface area contributed by atoms with E-state index in [9.17, 15) is 0 Å². The Morgan fingerprint density at radius 3 is 1.14 bits per heavy atom. The maximum Gasteiger partial charge on any atom is 0.248 e. The summed E-state index contributed by atoms with van der Waals surface area (Å²) < 4.78 is 0. The summed E-state index contributed by atoms with van der Waals surface area (Å²) in [4.78, 5) is 5.10. The molecule has 0 bridgehead atoms. The fraction of sp³-hybridized carbons (Fsp3) is 0.161. The maximum atomic E-state index is 2.68. The fourth-order valence-corrected chi connectivity index (χ4v) is 13.2. The van der Waals surface area contributed by atoms with Gasteiger partial charge in [0.15, 0.2) is 0 Å². The Labute approximate surface area is 389 Å². The number of nitrogens with zero attached hydrogens (tertiary/aromatic N) is 2. The summed E-state index contributed by atoms with van der Waals surface area (Å²) in [5.41, 5.74) is 29.7. The normalized spacial score (nSPS) is 13.9. The highest BCUT2D eigenvalue weighted by molar-refractivity contribution is 7.02. The van der Waals surface area contributed by atoms with E-state index in [1.807, 2.05) is 0 Å².